The van der Waals surface area contributed by atoms with Crippen LogP contribution >= 0.6 is 0 Å². The number of rotatable bonds is 0. The maximum atomic E-state index is 1.63. The first-order valence-corrected chi connectivity index (χ1v) is 33.5. The Morgan fingerprint density at radius 1 is 0.261 bits per heavy atom. The van der Waals surface area contributed by atoms with Crippen LogP contribution in [0.3, 0.4) is 0 Å². The molecule has 0 unspecified atom stereocenters. The molecule has 0 atom stereocenters. The van der Waals surface area contributed by atoms with Crippen LogP contribution in [0.5, 0.6) is 0 Å². The molecule has 23 heavy (non-hydrogen) atoms. The van der Waals surface area contributed by atoms with E-state index < -0.39 is 0 Å². The fraction of sp³-hybridized carbons (Fsp3) is 1.00. The van der Waals surface area contributed by atoms with Crippen molar-refractivity contribution in [2.75, 3.05) is 0 Å². The van der Waals surface area contributed by atoms with Crippen molar-refractivity contribution >= 4 is 71.5 Å². The molecule has 0 amide bonds. The Kier molecular flexibility index (Phi) is 22.5. The van der Waals surface area contributed by atoms with Gasteiger partial charge in [-0.15, -0.1) is 0 Å². The Morgan fingerprint density at radius 2 is 0.522 bits per heavy atom. The van der Waals surface area contributed by atoms with Gasteiger partial charge >= 0.3 is 178 Å². The van der Waals surface area contributed by atoms with Crippen LogP contribution in [0.4, 0.5) is 0 Å². The van der Waals surface area contributed by atoms with E-state index in [9.17, 15) is 0 Å². The van der Waals surface area contributed by atoms with Gasteiger partial charge in [0.15, 0.2) is 0 Å². The molecule has 1 saturated heterocycles. The van der Waals surface area contributed by atoms with E-state index in [1.165, 1.54) is 70.6 Å². The van der Waals surface area contributed by atoms with Gasteiger partial charge in [-0.1, -0.05) is 0 Å². The van der Waals surface area contributed by atoms with E-state index in [4.69, 9.17) is 0 Å². The van der Waals surface area contributed by atoms with Crippen molar-refractivity contribution in [3.63, 3.8) is 0 Å². The second-order valence-corrected chi connectivity index (χ2v) is 52.0. The van der Waals surface area contributed by atoms with E-state index in [2.05, 4.69) is 0 Å². The molecule has 1 rings (SSSR count). The summed E-state index contributed by atoms with van der Waals surface area (Å²) in [6, 6.07) is 0. The molecule has 138 valence electrons. The van der Waals surface area contributed by atoms with Gasteiger partial charge in [-0.3, -0.25) is 0 Å². The third-order valence-corrected chi connectivity index (χ3v) is 83.7. The van der Waals surface area contributed by atoms with E-state index in [0.29, 0.717) is 0 Å². The minimum atomic E-state index is 1.09. The van der Waals surface area contributed by atoms with Gasteiger partial charge in [0.05, 0.1) is 0 Å². The predicted molar refractivity (Wildman–Crippen MR) is 113 cm³/mol. The minimum absolute atomic E-state index is 1.09. The molecular weight excluding hydrogens is 678 g/mol. The van der Waals surface area contributed by atoms with Gasteiger partial charge < -0.3 is 0 Å². The summed E-state index contributed by atoms with van der Waals surface area (Å²) in [6.07, 6.45) is 22.9. The molecule has 0 aromatic rings. The molecule has 0 aromatic carbocycles. The Labute approximate surface area is 176 Å². The Bertz CT molecular complexity index is 123. The van der Waals surface area contributed by atoms with Crippen LogP contribution in [0.15, 0.2) is 0 Å². The summed E-state index contributed by atoms with van der Waals surface area (Å²) < 4.78 is 0. The van der Waals surface area contributed by atoms with E-state index in [1.54, 1.807) is 36.3 Å². The zero-order valence-corrected chi connectivity index (χ0v) is 24.7. The Balaban J connectivity index is 2.00. The van der Waals surface area contributed by atoms with Crippen LogP contribution in [0.2, 0.25) is 10.6 Å². The first-order valence-electron chi connectivity index (χ1n) is 9.41. The van der Waals surface area contributed by atoms with Crippen molar-refractivity contribution in [3.8, 4) is 0 Å². The summed E-state index contributed by atoms with van der Waals surface area (Å²) in [5.74, 6) is 0. The summed E-state index contributed by atoms with van der Waals surface area (Å²) in [7, 11) is 0. The zero-order chi connectivity index (χ0) is 16.3. The molecule has 0 nitrogen and oxygen atoms in total. The van der Waals surface area contributed by atoms with Crippen molar-refractivity contribution in [3.05, 3.63) is 0 Å². The molecule has 1 aliphatic rings. The van der Waals surface area contributed by atoms with Crippen molar-refractivity contribution in [1.29, 1.82) is 0 Å². The molecule has 0 aromatic heterocycles. The standard InChI is InChI=1S/C17H34Se6/c1-2-4-6-8-10-12-14-16-18-20-22-23-21-19-17-15-13-11-9-7-5-3-1/h1-17H2. The normalized spacial score (nSPS) is 24.0. The average molecular weight is 712 g/mol. The van der Waals surface area contributed by atoms with Gasteiger partial charge in [0.25, 0.3) is 0 Å². The van der Waals surface area contributed by atoms with Gasteiger partial charge in [-0.25, -0.2) is 0 Å². The summed E-state index contributed by atoms with van der Waals surface area (Å²) in [5, 5.41) is 3.26. The van der Waals surface area contributed by atoms with Crippen molar-refractivity contribution in [2.45, 2.75) is 107 Å². The molecule has 0 bridgehead atoms. The van der Waals surface area contributed by atoms with Crippen LogP contribution in [-0.4, -0.2) is 71.5 Å². The fourth-order valence-corrected chi connectivity index (χ4v) is 131. The molecule has 1 heterocycles. The van der Waals surface area contributed by atoms with Crippen LogP contribution in [-0.2, 0) is 0 Å². The van der Waals surface area contributed by atoms with Gasteiger partial charge in [0, 0.05) is 0 Å². The summed E-state index contributed by atoms with van der Waals surface area (Å²) in [6.45, 7) is 0. The van der Waals surface area contributed by atoms with Gasteiger partial charge in [0.2, 0.25) is 0 Å². The second kappa shape index (κ2) is 21.4. The third kappa shape index (κ3) is 19.7. The topological polar surface area (TPSA) is 0 Å². The van der Waals surface area contributed by atoms with Crippen molar-refractivity contribution in [1.82, 2.24) is 0 Å². The maximum absolute atomic E-state index is 1.63. The molecule has 0 radical (unpaired) electrons. The van der Waals surface area contributed by atoms with Crippen molar-refractivity contribution < 1.29 is 0 Å². The van der Waals surface area contributed by atoms with Crippen LogP contribution in [0, 0.1) is 0 Å². The van der Waals surface area contributed by atoms with Crippen LogP contribution in [0.1, 0.15) is 96.3 Å². The molecular formula is C17H34Se6. The molecule has 1 fully saturated rings. The molecule has 0 aliphatic carbocycles. The van der Waals surface area contributed by atoms with Gasteiger partial charge in [0.1, 0.15) is 0 Å². The van der Waals surface area contributed by atoms with E-state index in [0.717, 1.165) is 71.5 Å². The first kappa shape index (κ1) is 24.2. The Morgan fingerprint density at radius 3 is 0.826 bits per heavy atom. The van der Waals surface area contributed by atoms with Gasteiger partial charge in [-0.05, 0) is 0 Å². The molecule has 0 spiro atoms. The number of hydrogen-bond donors (Lipinski definition) is 0. The van der Waals surface area contributed by atoms with Gasteiger partial charge in [-0.2, -0.15) is 0 Å². The van der Waals surface area contributed by atoms with Crippen molar-refractivity contribution in [2.24, 2.45) is 0 Å². The van der Waals surface area contributed by atoms with Crippen LogP contribution in [0.25, 0.3) is 0 Å². The van der Waals surface area contributed by atoms with Crippen LogP contribution < -0.4 is 0 Å². The molecule has 6 heteroatoms. The monoisotopic (exact) mass is 718 g/mol. The summed E-state index contributed by atoms with van der Waals surface area (Å²) >= 11 is 6.80. The van der Waals surface area contributed by atoms with E-state index in [-0.39, 0.29) is 0 Å². The predicted octanol–water partition coefficient (Wildman–Crippen LogP) is 4.49. The second-order valence-electron chi connectivity index (χ2n) is 6.22. The van der Waals surface area contributed by atoms with E-state index in [1.807, 2.05) is 0 Å². The molecule has 0 N–H and O–H groups in total. The molecule has 0 saturated carbocycles. The quantitative estimate of drug-likeness (QED) is 0.326. The number of hydrogen-bond acceptors (Lipinski definition) is 0. The summed E-state index contributed by atoms with van der Waals surface area (Å²) in [4.78, 5) is 0. The average Bonchev–Trinajstić information content (AvgIpc) is 2.56. The Hall–Kier alpha value is 3.12. The third-order valence-electron chi connectivity index (χ3n) is 4.13. The first-order chi connectivity index (χ1) is 11.5. The summed E-state index contributed by atoms with van der Waals surface area (Å²) in [5.41, 5.74) is 0. The molecule has 1 aliphatic heterocycles. The SMILES string of the molecule is C1CCCCCCCC[Se][Se][Se][Se][Se][Se]CCCCCCCC1. The fourth-order valence-electron chi connectivity index (χ4n) is 2.75. The zero-order valence-electron chi connectivity index (χ0n) is 14.5. The van der Waals surface area contributed by atoms with E-state index >= 15 is 0 Å².